The van der Waals surface area contributed by atoms with E-state index in [1.807, 2.05) is 22.9 Å². The normalized spacial score (nSPS) is 11.0. The number of aromatic carboxylic acids is 1. The summed E-state index contributed by atoms with van der Waals surface area (Å²) >= 11 is 3.06. The highest BCUT2D eigenvalue weighted by atomic mass is 32.1. The standard InChI is InChI=1S/C18H12N2O3S2/c21-17-15-13(14-2-1-7-24-14)9-25-16(15)19-10-20(17)8-11-3-5-12(6-4-11)18(22)23/h1-7,9-10H,8H2,(H,22,23). The summed E-state index contributed by atoms with van der Waals surface area (Å²) < 4.78 is 1.56. The van der Waals surface area contributed by atoms with Crippen LogP contribution in [-0.4, -0.2) is 20.6 Å². The molecule has 1 N–H and O–H groups in total. The van der Waals surface area contributed by atoms with E-state index < -0.39 is 5.97 Å². The Balaban J connectivity index is 1.75. The molecule has 0 bridgehead atoms. The molecule has 0 spiro atoms. The van der Waals surface area contributed by atoms with Crippen molar-refractivity contribution in [1.82, 2.24) is 9.55 Å². The van der Waals surface area contributed by atoms with Gasteiger partial charge >= 0.3 is 5.97 Å². The van der Waals surface area contributed by atoms with Gasteiger partial charge < -0.3 is 5.11 Å². The minimum absolute atomic E-state index is 0.0861. The molecule has 0 saturated carbocycles. The molecule has 7 heteroatoms. The van der Waals surface area contributed by atoms with Crippen LogP contribution in [0.4, 0.5) is 0 Å². The van der Waals surface area contributed by atoms with Gasteiger partial charge in [0.2, 0.25) is 0 Å². The fourth-order valence-corrected chi connectivity index (χ4v) is 4.36. The lowest BCUT2D eigenvalue weighted by molar-refractivity contribution is 0.0697. The Morgan fingerprint density at radius 3 is 2.64 bits per heavy atom. The van der Waals surface area contributed by atoms with Gasteiger partial charge in [0.05, 0.1) is 23.8 Å². The quantitative estimate of drug-likeness (QED) is 0.592. The van der Waals surface area contributed by atoms with Crippen molar-refractivity contribution in [2.45, 2.75) is 6.54 Å². The van der Waals surface area contributed by atoms with Crippen LogP contribution in [0.1, 0.15) is 15.9 Å². The van der Waals surface area contributed by atoms with E-state index in [9.17, 15) is 9.59 Å². The number of carbonyl (C=O) groups is 1. The third-order valence-electron chi connectivity index (χ3n) is 3.90. The summed E-state index contributed by atoms with van der Waals surface area (Å²) in [5.74, 6) is -0.967. The second-order valence-electron chi connectivity index (χ2n) is 5.49. The van der Waals surface area contributed by atoms with Crippen molar-refractivity contribution < 1.29 is 9.90 Å². The first-order valence-corrected chi connectivity index (χ1v) is 9.22. The number of rotatable bonds is 4. The molecule has 4 aromatic rings. The summed E-state index contributed by atoms with van der Waals surface area (Å²) in [6.45, 7) is 0.349. The highest BCUT2D eigenvalue weighted by molar-refractivity contribution is 7.18. The Morgan fingerprint density at radius 1 is 1.16 bits per heavy atom. The number of thiophene rings is 2. The van der Waals surface area contributed by atoms with E-state index in [-0.39, 0.29) is 11.1 Å². The molecule has 0 atom stereocenters. The third kappa shape index (κ3) is 2.88. The maximum Gasteiger partial charge on any atom is 0.335 e. The van der Waals surface area contributed by atoms with Crippen molar-refractivity contribution in [1.29, 1.82) is 0 Å². The zero-order chi connectivity index (χ0) is 17.4. The summed E-state index contributed by atoms with van der Waals surface area (Å²) in [7, 11) is 0. The monoisotopic (exact) mass is 368 g/mol. The van der Waals surface area contributed by atoms with Gasteiger partial charge in [-0.1, -0.05) is 18.2 Å². The van der Waals surface area contributed by atoms with Gasteiger partial charge in [-0.25, -0.2) is 9.78 Å². The molecule has 3 heterocycles. The average Bonchev–Trinajstić information content (AvgIpc) is 3.27. The van der Waals surface area contributed by atoms with Crippen LogP contribution in [0.15, 0.2) is 58.3 Å². The van der Waals surface area contributed by atoms with E-state index in [2.05, 4.69) is 4.98 Å². The number of benzene rings is 1. The first-order chi connectivity index (χ1) is 12.1. The number of nitrogens with zero attached hydrogens (tertiary/aromatic N) is 2. The Kier molecular flexibility index (Phi) is 3.95. The minimum atomic E-state index is -0.967. The smallest absolute Gasteiger partial charge is 0.335 e. The molecule has 0 aliphatic heterocycles. The fourth-order valence-electron chi connectivity index (χ4n) is 2.64. The molecule has 0 unspecified atom stereocenters. The lowest BCUT2D eigenvalue weighted by Gasteiger charge is -2.06. The number of fused-ring (bicyclic) bond motifs is 1. The zero-order valence-electron chi connectivity index (χ0n) is 12.9. The summed E-state index contributed by atoms with van der Waals surface area (Å²) in [5.41, 5.74) is 1.91. The molecule has 1 aromatic carbocycles. The molecule has 25 heavy (non-hydrogen) atoms. The largest absolute Gasteiger partial charge is 0.478 e. The number of aromatic nitrogens is 2. The lowest BCUT2D eigenvalue weighted by atomic mass is 10.1. The molecule has 5 nitrogen and oxygen atoms in total. The number of carboxylic acids is 1. The number of hydrogen-bond donors (Lipinski definition) is 1. The van der Waals surface area contributed by atoms with E-state index in [1.54, 1.807) is 34.4 Å². The first-order valence-electron chi connectivity index (χ1n) is 7.46. The van der Waals surface area contributed by atoms with Crippen LogP contribution in [0.5, 0.6) is 0 Å². The summed E-state index contributed by atoms with van der Waals surface area (Å²) in [6, 6.07) is 10.5. The van der Waals surface area contributed by atoms with Gasteiger partial charge in [-0.15, -0.1) is 22.7 Å². The van der Waals surface area contributed by atoms with E-state index in [0.29, 0.717) is 11.9 Å². The third-order valence-corrected chi connectivity index (χ3v) is 5.69. The van der Waals surface area contributed by atoms with Gasteiger partial charge in [-0.3, -0.25) is 9.36 Å². The van der Waals surface area contributed by atoms with Gasteiger partial charge in [0.25, 0.3) is 5.56 Å². The molecule has 4 rings (SSSR count). The average molecular weight is 368 g/mol. The summed E-state index contributed by atoms with van der Waals surface area (Å²) in [6.07, 6.45) is 1.55. The van der Waals surface area contributed by atoms with Crippen molar-refractivity contribution in [3.63, 3.8) is 0 Å². The van der Waals surface area contributed by atoms with Crippen LogP contribution in [-0.2, 0) is 6.54 Å². The molecular weight excluding hydrogens is 356 g/mol. The van der Waals surface area contributed by atoms with Crippen LogP contribution in [0.2, 0.25) is 0 Å². The Bertz CT molecular complexity index is 1110. The van der Waals surface area contributed by atoms with Crippen molar-refractivity contribution in [3.8, 4) is 10.4 Å². The van der Waals surface area contributed by atoms with Crippen LogP contribution < -0.4 is 5.56 Å². The van der Waals surface area contributed by atoms with E-state index in [0.717, 1.165) is 20.8 Å². The van der Waals surface area contributed by atoms with Crippen molar-refractivity contribution in [2.75, 3.05) is 0 Å². The summed E-state index contributed by atoms with van der Waals surface area (Å²) in [5, 5.41) is 13.6. The maximum atomic E-state index is 12.9. The van der Waals surface area contributed by atoms with Crippen LogP contribution >= 0.6 is 22.7 Å². The predicted octanol–water partition coefficient (Wildman–Crippen LogP) is 3.93. The maximum absolute atomic E-state index is 12.9. The second-order valence-corrected chi connectivity index (χ2v) is 7.29. The van der Waals surface area contributed by atoms with Gasteiger partial charge in [0, 0.05) is 15.8 Å². The van der Waals surface area contributed by atoms with E-state index in [1.165, 1.54) is 23.5 Å². The Hall–Kier alpha value is -2.77. The van der Waals surface area contributed by atoms with Crippen LogP contribution in [0.3, 0.4) is 0 Å². The number of carboxylic acid groups (broad SMARTS) is 1. The predicted molar refractivity (Wildman–Crippen MR) is 99.7 cm³/mol. The molecule has 0 radical (unpaired) electrons. The van der Waals surface area contributed by atoms with Crippen LogP contribution in [0.25, 0.3) is 20.7 Å². The van der Waals surface area contributed by atoms with E-state index in [4.69, 9.17) is 5.11 Å². The highest BCUT2D eigenvalue weighted by Gasteiger charge is 2.14. The molecule has 0 fully saturated rings. The van der Waals surface area contributed by atoms with Crippen LogP contribution in [0, 0.1) is 0 Å². The Labute approximate surface area is 150 Å². The summed E-state index contributed by atoms with van der Waals surface area (Å²) in [4.78, 5) is 30.0. The van der Waals surface area contributed by atoms with Crippen molar-refractivity contribution in [2.24, 2.45) is 0 Å². The number of hydrogen-bond acceptors (Lipinski definition) is 5. The molecule has 124 valence electrons. The zero-order valence-corrected chi connectivity index (χ0v) is 14.5. The molecule has 0 aliphatic rings. The topological polar surface area (TPSA) is 72.2 Å². The van der Waals surface area contributed by atoms with E-state index >= 15 is 0 Å². The Morgan fingerprint density at radius 2 is 1.96 bits per heavy atom. The van der Waals surface area contributed by atoms with Crippen molar-refractivity contribution in [3.05, 3.63) is 75.0 Å². The van der Waals surface area contributed by atoms with Crippen molar-refractivity contribution >= 4 is 38.9 Å². The molecule has 0 aliphatic carbocycles. The minimum Gasteiger partial charge on any atom is -0.478 e. The molecule has 3 aromatic heterocycles. The molecule has 0 saturated heterocycles. The lowest BCUT2D eigenvalue weighted by Crippen LogP contribution is -2.20. The second kappa shape index (κ2) is 6.27. The SMILES string of the molecule is O=C(O)c1ccc(Cn2cnc3scc(-c4cccs4)c3c2=O)cc1. The van der Waals surface area contributed by atoms with Gasteiger partial charge in [0.15, 0.2) is 0 Å². The molecule has 0 amide bonds. The van der Waals surface area contributed by atoms with Gasteiger partial charge in [-0.2, -0.15) is 0 Å². The first kappa shape index (κ1) is 15.7. The fraction of sp³-hybridized carbons (Fsp3) is 0.0556. The highest BCUT2D eigenvalue weighted by Crippen LogP contribution is 2.33. The van der Waals surface area contributed by atoms with Gasteiger partial charge in [-0.05, 0) is 29.1 Å². The molecular formula is C18H12N2O3S2. The van der Waals surface area contributed by atoms with Gasteiger partial charge in [0.1, 0.15) is 4.83 Å².